The van der Waals surface area contributed by atoms with Gasteiger partial charge < -0.3 is 16.4 Å². The van der Waals surface area contributed by atoms with Gasteiger partial charge >= 0.3 is 0 Å². The first-order valence-electron chi connectivity index (χ1n) is 10.2. The predicted octanol–water partition coefficient (Wildman–Crippen LogP) is 3.48. The van der Waals surface area contributed by atoms with Crippen LogP contribution in [0.15, 0.2) is 12.5 Å². The fourth-order valence-electron chi connectivity index (χ4n) is 5.10. The van der Waals surface area contributed by atoms with Crippen molar-refractivity contribution >= 4 is 40.6 Å². The lowest BCUT2D eigenvalue weighted by Crippen LogP contribution is -2.47. The van der Waals surface area contributed by atoms with Crippen LogP contribution in [0.3, 0.4) is 0 Å². The molecule has 1 saturated heterocycles. The van der Waals surface area contributed by atoms with Crippen LogP contribution in [0.25, 0.3) is 16.8 Å². The van der Waals surface area contributed by atoms with Gasteiger partial charge in [0.1, 0.15) is 17.2 Å². The van der Waals surface area contributed by atoms with Gasteiger partial charge in [0.05, 0.1) is 16.3 Å². The standard InChI is InChI=1S/C20H24Cl2N8/c1-11-14(12-9-25-17(24)16(22)15(12)21)18-28-26-10-30(18)19(27-11)29-7-5-20(6-8-29)4-2-3-13(20)23/h9-10,13H,2-8,23H2,1H3,(H2,24,25)/t13-/m1/s1. The summed E-state index contributed by atoms with van der Waals surface area (Å²) in [5.41, 5.74) is 15.4. The molecule has 0 aromatic carbocycles. The molecule has 4 N–H and O–H groups in total. The number of nitrogen functional groups attached to an aromatic ring is 1. The molecular formula is C20H24Cl2N8. The molecule has 3 aromatic heterocycles. The second-order valence-corrected chi connectivity index (χ2v) is 9.19. The van der Waals surface area contributed by atoms with Crippen LogP contribution in [0.5, 0.6) is 0 Å². The van der Waals surface area contributed by atoms with E-state index in [1.54, 1.807) is 12.5 Å². The van der Waals surface area contributed by atoms with E-state index in [4.69, 9.17) is 39.7 Å². The fourth-order valence-corrected chi connectivity index (χ4v) is 5.49. The number of nitrogens with zero attached hydrogens (tertiary/aromatic N) is 6. The minimum Gasteiger partial charge on any atom is -0.382 e. The lowest BCUT2D eigenvalue weighted by molar-refractivity contribution is 0.197. The van der Waals surface area contributed by atoms with Crippen molar-refractivity contribution in [2.45, 2.75) is 45.1 Å². The summed E-state index contributed by atoms with van der Waals surface area (Å²) in [7, 11) is 0. The number of hydrogen-bond donors (Lipinski definition) is 2. The van der Waals surface area contributed by atoms with E-state index in [0.29, 0.717) is 22.3 Å². The maximum atomic E-state index is 6.48. The number of hydrogen-bond acceptors (Lipinski definition) is 7. The number of rotatable bonds is 2. The van der Waals surface area contributed by atoms with Crippen molar-refractivity contribution in [3.63, 3.8) is 0 Å². The number of aryl methyl sites for hydroxylation is 1. The first kappa shape index (κ1) is 19.8. The van der Waals surface area contributed by atoms with Gasteiger partial charge in [0, 0.05) is 30.9 Å². The average Bonchev–Trinajstić information content (AvgIpc) is 3.35. The zero-order chi connectivity index (χ0) is 21.0. The van der Waals surface area contributed by atoms with Crippen LogP contribution >= 0.6 is 23.2 Å². The average molecular weight is 447 g/mol. The van der Waals surface area contributed by atoms with Crippen LogP contribution < -0.4 is 16.4 Å². The Balaban J connectivity index is 1.55. The third-order valence-corrected chi connectivity index (χ3v) is 7.76. The van der Waals surface area contributed by atoms with Crippen molar-refractivity contribution in [2.75, 3.05) is 23.7 Å². The molecule has 1 spiro atoms. The van der Waals surface area contributed by atoms with Gasteiger partial charge in [-0.2, -0.15) is 0 Å². The Bertz CT molecular complexity index is 1120. The topological polar surface area (TPSA) is 111 Å². The maximum Gasteiger partial charge on any atom is 0.212 e. The van der Waals surface area contributed by atoms with Crippen LogP contribution in [0.2, 0.25) is 10.0 Å². The summed E-state index contributed by atoms with van der Waals surface area (Å²) < 4.78 is 1.91. The highest BCUT2D eigenvalue weighted by Gasteiger charge is 2.43. The molecular weight excluding hydrogens is 423 g/mol. The van der Waals surface area contributed by atoms with Crippen molar-refractivity contribution in [3.8, 4) is 11.1 Å². The van der Waals surface area contributed by atoms with Crippen molar-refractivity contribution < 1.29 is 0 Å². The number of nitrogens with two attached hydrogens (primary N) is 2. The highest BCUT2D eigenvalue weighted by molar-refractivity contribution is 6.45. The highest BCUT2D eigenvalue weighted by Crippen LogP contribution is 2.46. The number of fused-ring (bicyclic) bond motifs is 1. The molecule has 4 heterocycles. The molecule has 8 nitrogen and oxygen atoms in total. The van der Waals surface area contributed by atoms with E-state index in [0.717, 1.165) is 49.6 Å². The molecule has 2 aliphatic rings. The molecule has 5 rings (SSSR count). The highest BCUT2D eigenvalue weighted by atomic mass is 35.5. The summed E-state index contributed by atoms with van der Waals surface area (Å²) in [6.45, 7) is 3.78. The zero-order valence-corrected chi connectivity index (χ0v) is 18.3. The molecule has 30 heavy (non-hydrogen) atoms. The van der Waals surface area contributed by atoms with Crippen molar-refractivity contribution in [1.82, 2.24) is 24.6 Å². The molecule has 10 heteroatoms. The second kappa shape index (κ2) is 7.21. The van der Waals surface area contributed by atoms with E-state index in [1.165, 1.54) is 12.8 Å². The quantitative estimate of drug-likeness (QED) is 0.619. The first-order chi connectivity index (χ1) is 14.4. The summed E-state index contributed by atoms with van der Waals surface area (Å²) in [5, 5.41) is 9.06. The lowest BCUT2D eigenvalue weighted by Gasteiger charge is -2.42. The maximum absolute atomic E-state index is 6.48. The van der Waals surface area contributed by atoms with Crippen LogP contribution in [-0.2, 0) is 0 Å². The molecule has 1 atom stereocenters. The first-order valence-corrected chi connectivity index (χ1v) is 11.0. The van der Waals surface area contributed by atoms with E-state index < -0.39 is 0 Å². The third kappa shape index (κ3) is 2.92. The van der Waals surface area contributed by atoms with Gasteiger partial charge in [-0.1, -0.05) is 29.6 Å². The molecule has 2 fully saturated rings. The molecule has 0 radical (unpaired) electrons. The summed E-state index contributed by atoms with van der Waals surface area (Å²) in [4.78, 5) is 11.4. The van der Waals surface area contributed by atoms with Crippen LogP contribution in [0.4, 0.5) is 11.8 Å². The molecule has 158 valence electrons. The molecule has 0 bridgehead atoms. The smallest absolute Gasteiger partial charge is 0.212 e. The van der Waals surface area contributed by atoms with Crippen molar-refractivity contribution in [1.29, 1.82) is 0 Å². The van der Waals surface area contributed by atoms with Crippen molar-refractivity contribution in [3.05, 3.63) is 28.3 Å². The van der Waals surface area contributed by atoms with Crippen molar-refractivity contribution in [2.24, 2.45) is 11.1 Å². The summed E-state index contributed by atoms with van der Waals surface area (Å²) >= 11 is 12.7. The van der Waals surface area contributed by atoms with Gasteiger partial charge in [-0.05, 0) is 38.0 Å². The molecule has 1 aliphatic carbocycles. The monoisotopic (exact) mass is 446 g/mol. The second-order valence-electron chi connectivity index (χ2n) is 8.43. The fraction of sp³-hybridized carbons (Fsp3) is 0.500. The SMILES string of the molecule is Cc1nc(N2CCC3(CCC[C@H]3N)CC2)n2cnnc2c1-c1cnc(N)c(Cl)c1Cl. The third-order valence-electron chi connectivity index (χ3n) is 6.89. The predicted molar refractivity (Wildman–Crippen MR) is 119 cm³/mol. The van der Waals surface area contributed by atoms with E-state index in [1.807, 2.05) is 11.3 Å². The number of aromatic nitrogens is 5. The van der Waals surface area contributed by atoms with Crippen LogP contribution in [0, 0.1) is 12.3 Å². The Morgan fingerprint density at radius 2 is 1.93 bits per heavy atom. The number of piperidine rings is 1. The van der Waals surface area contributed by atoms with Gasteiger partial charge in [0.2, 0.25) is 5.95 Å². The Morgan fingerprint density at radius 3 is 2.63 bits per heavy atom. The van der Waals surface area contributed by atoms with E-state index in [-0.39, 0.29) is 16.3 Å². The molecule has 1 saturated carbocycles. The molecule has 3 aromatic rings. The molecule has 1 aliphatic heterocycles. The normalized spacial score (nSPS) is 21.1. The molecule has 0 unspecified atom stereocenters. The van der Waals surface area contributed by atoms with Gasteiger partial charge in [-0.15, -0.1) is 10.2 Å². The van der Waals surface area contributed by atoms with Gasteiger partial charge in [-0.25, -0.2) is 9.97 Å². The largest absolute Gasteiger partial charge is 0.382 e. The van der Waals surface area contributed by atoms with Gasteiger partial charge in [0.15, 0.2) is 5.65 Å². The zero-order valence-electron chi connectivity index (χ0n) is 16.8. The van der Waals surface area contributed by atoms with E-state index >= 15 is 0 Å². The Kier molecular flexibility index (Phi) is 4.76. The van der Waals surface area contributed by atoms with E-state index in [9.17, 15) is 0 Å². The Labute approximate surface area is 184 Å². The van der Waals surface area contributed by atoms with Gasteiger partial charge in [-0.3, -0.25) is 4.40 Å². The van der Waals surface area contributed by atoms with Crippen LogP contribution in [-0.4, -0.2) is 43.7 Å². The Morgan fingerprint density at radius 1 is 1.17 bits per heavy atom. The summed E-state index contributed by atoms with van der Waals surface area (Å²) in [6, 6.07) is 0.316. The Hall–Kier alpha value is -2.16. The summed E-state index contributed by atoms with van der Waals surface area (Å²) in [6.07, 6.45) is 9.08. The summed E-state index contributed by atoms with van der Waals surface area (Å²) in [5.74, 6) is 1.03. The number of pyridine rings is 1. The van der Waals surface area contributed by atoms with Gasteiger partial charge in [0.25, 0.3) is 0 Å². The minimum atomic E-state index is 0.192. The van der Waals surface area contributed by atoms with Crippen LogP contribution in [0.1, 0.15) is 37.8 Å². The van der Waals surface area contributed by atoms with E-state index in [2.05, 4.69) is 20.1 Å². The minimum absolute atomic E-state index is 0.192. The number of halogens is 2. The molecule has 0 amide bonds. The lowest BCUT2D eigenvalue weighted by atomic mass is 9.74. The number of anilines is 2.